The lowest BCUT2D eigenvalue weighted by atomic mass is 9.95. The summed E-state index contributed by atoms with van der Waals surface area (Å²) in [6.45, 7) is 1.95. The highest BCUT2D eigenvalue weighted by Gasteiger charge is 2.48. The summed E-state index contributed by atoms with van der Waals surface area (Å²) in [5.41, 5.74) is 6.23. The topological polar surface area (TPSA) is 92.4 Å². The van der Waals surface area contributed by atoms with E-state index in [1.54, 1.807) is 6.92 Å². The number of benzene rings is 1. The van der Waals surface area contributed by atoms with E-state index in [1.165, 1.54) is 0 Å². The minimum absolute atomic E-state index is 0.0358. The molecule has 5 heteroatoms. The zero-order valence-electron chi connectivity index (χ0n) is 11.6. The third kappa shape index (κ3) is 2.99. The molecule has 0 aromatic heterocycles. The number of amides is 1. The summed E-state index contributed by atoms with van der Waals surface area (Å²) < 4.78 is 0. The molecule has 5 nitrogen and oxygen atoms in total. The third-order valence-corrected chi connectivity index (χ3v) is 3.93. The van der Waals surface area contributed by atoms with Gasteiger partial charge in [0.15, 0.2) is 0 Å². The summed E-state index contributed by atoms with van der Waals surface area (Å²) in [6, 6.07) is 7.44. The van der Waals surface area contributed by atoms with Crippen LogP contribution in [0, 0.1) is 5.92 Å². The third-order valence-electron chi connectivity index (χ3n) is 3.93. The average molecular weight is 276 g/mol. The number of nitrogens with one attached hydrogen (secondary N) is 1. The van der Waals surface area contributed by atoms with E-state index in [0.29, 0.717) is 6.54 Å². The van der Waals surface area contributed by atoms with Crippen LogP contribution < -0.4 is 11.1 Å². The first-order chi connectivity index (χ1) is 9.47. The van der Waals surface area contributed by atoms with E-state index in [9.17, 15) is 14.7 Å². The Morgan fingerprint density at radius 2 is 1.95 bits per heavy atom. The molecule has 1 aliphatic carbocycles. The monoisotopic (exact) mass is 276 g/mol. The maximum absolute atomic E-state index is 12.1. The summed E-state index contributed by atoms with van der Waals surface area (Å²) in [4.78, 5) is 23.5. The maximum Gasteiger partial charge on any atom is 0.329 e. The number of hydrogen-bond donors (Lipinski definition) is 3. The smallest absolute Gasteiger partial charge is 0.329 e. The van der Waals surface area contributed by atoms with Crippen molar-refractivity contribution in [3.05, 3.63) is 35.4 Å². The summed E-state index contributed by atoms with van der Waals surface area (Å²) >= 11 is 0. The van der Waals surface area contributed by atoms with Crippen LogP contribution in [0.4, 0.5) is 0 Å². The fraction of sp³-hybridized carbons (Fsp3) is 0.467. The van der Waals surface area contributed by atoms with Crippen molar-refractivity contribution < 1.29 is 14.7 Å². The van der Waals surface area contributed by atoms with Gasteiger partial charge in [0.05, 0.1) is 6.42 Å². The van der Waals surface area contributed by atoms with E-state index in [0.717, 1.165) is 24.0 Å². The predicted octanol–water partition coefficient (Wildman–Crippen LogP) is 1.06. The van der Waals surface area contributed by atoms with Gasteiger partial charge in [0.25, 0.3) is 0 Å². The van der Waals surface area contributed by atoms with Crippen LogP contribution in [0.2, 0.25) is 0 Å². The number of carbonyl (C=O) groups excluding carboxylic acids is 1. The molecule has 20 heavy (non-hydrogen) atoms. The van der Waals surface area contributed by atoms with Crippen molar-refractivity contribution in [2.24, 2.45) is 11.7 Å². The molecule has 1 fully saturated rings. The summed E-state index contributed by atoms with van der Waals surface area (Å²) in [6.07, 6.45) is 1.86. The molecular formula is C15H20N2O3. The number of carboxylic acids is 1. The minimum Gasteiger partial charge on any atom is -0.480 e. The number of carboxylic acid groups (broad SMARTS) is 1. The maximum atomic E-state index is 12.1. The lowest BCUT2D eigenvalue weighted by molar-refractivity contribution is -0.147. The number of aliphatic carboxylic acids is 1. The van der Waals surface area contributed by atoms with Crippen LogP contribution in [0.25, 0.3) is 0 Å². The van der Waals surface area contributed by atoms with Gasteiger partial charge < -0.3 is 16.2 Å². The molecule has 1 aromatic carbocycles. The fourth-order valence-corrected chi connectivity index (χ4v) is 2.43. The largest absolute Gasteiger partial charge is 0.480 e. The van der Waals surface area contributed by atoms with Crippen molar-refractivity contribution in [1.82, 2.24) is 5.32 Å². The van der Waals surface area contributed by atoms with Crippen molar-refractivity contribution in [3.8, 4) is 0 Å². The van der Waals surface area contributed by atoms with Gasteiger partial charge in [-0.05, 0) is 36.8 Å². The number of hydrogen-bond acceptors (Lipinski definition) is 3. The van der Waals surface area contributed by atoms with Crippen LogP contribution in [-0.4, -0.2) is 22.5 Å². The number of rotatable bonds is 6. The molecule has 1 aromatic rings. The molecule has 1 aliphatic rings. The van der Waals surface area contributed by atoms with E-state index >= 15 is 0 Å². The molecule has 0 aliphatic heterocycles. The van der Waals surface area contributed by atoms with Gasteiger partial charge in [-0.25, -0.2) is 4.79 Å². The van der Waals surface area contributed by atoms with Gasteiger partial charge in [0.1, 0.15) is 5.54 Å². The Morgan fingerprint density at radius 3 is 2.45 bits per heavy atom. The number of carbonyl (C=O) groups is 2. The molecule has 1 unspecified atom stereocenters. The van der Waals surface area contributed by atoms with E-state index in [4.69, 9.17) is 5.73 Å². The SMILES string of the molecule is CC(NC(=O)Cc1ccccc1CN)(C(=O)O)C1CC1. The highest BCUT2D eigenvalue weighted by molar-refractivity contribution is 5.88. The molecule has 0 spiro atoms. The molecule has 1 amide bonds. The zero-order chi connectivity index (χ0) is 14.8. The lowest BCUT2D eigenvalue weighted by Gasteiger charge is -2.26. The van der Waals surface area contributed by atoms with E-state index in [1.807, 2.05) is 24.3 Å². The van der Waals surface area contributed by atoms with Crippen LogP contribution in [0.1, 0.15) is 30.9 Å². The van der Waals surface area contributed by atoms with Crippen molar-refractivity contribution in [1.29, 1.82) is 0 Å². The Labute approximate surface area is 118 Å². The molecule has 0 heterocycles. The second-order valence-corrected chi connectivity index (χ2v) is 5.48. The van der Waals surface area contributed by atoms with Crippen molar-refractivity contribution in [2.45, 2.75) is 38.3 Å². The van der Waals surface area contributed by atoms with E-state index in [2.05, 4.69) is 5.32 Å². The van der Waals surface area contributed by atoms with Crippen molar-refractivity contribution >= 4 is 11.9 Å². The van der Waals surface area contributed by atoms with Crippen LogP contribution >= 0.6 is 0 Å². The molecule has 1 saturated carbocycles. The fourth-order valence-electron chi connectivity index (χ4n) is 2.43. The molecule has 0 radical (unpaired) electrons. The first-order valence-corrected chi connectivity index (χ1v) is 6.78. The number of nitrogens with two attached hydrogens (primary N) is 1. The molecule has 1 atom stereocenters. The Balaban J connectivity index is 2.07. The molecule has 108 valence electrons. The predicted molar refractivity (Wildman–Crippen MR) is 74.9 cm³/mol. The normalized spacial score (nSPS) is 17.3. The molecule has 0 bridgehead atoms. The minimum atomic E-state index is -1.16. The standard InChI is InChI=1S/C15H20N2O3/c1-15(14(19)20,12-6-7-12)17-13(18)8-10-4-2-3-5-11(10)9-16/h2-5,12H,6-9,16H2,1H3,(H,17,18)(H,19,20). The van der Waals surface area contributed by atoms with Gasteiger partial charge in [-0.3, -0.25) is 4.79 Å². The summed E-state index contributed by atoms with van der Waals surface area (Å²) in [5, 5.41) is 12.0. The van der Waals surface area contributed by atoms with Gasteiger partial charge in [0.2, 0.25) is 5.91 Å². The van der Waals surface area contributed by atoms with E-state index in [-0.39, 0.29) is 18.2 Å². The quantitative estimate of drug-likeness (QED) is 0.724. The Bertz CT molecular complexity index is 526. The van der Waals surface area contributed by atoms with Crippen LogP contribution in [-0.2, 0) is 22.6 Å². The highest BCUT2D eigenvalue weighted by atomic mass is 16.4. The molecule has 0 saturated heterocycles. The van der Waals surface area contributed by atoms with Crippen LogP contribution in [0.3, 0.4) is 0 Å². The first kappa shape index (κ1) is 14.5. The van der Waals surface area contributed by atoms with E-state index < -0.39 is 11.5 Å². The van der Waals surface area contributed by atoms with Gasteiger partial charge >= 0.3 is 5.97 Å². The Hall–Kier alpha value is -1.88. The Kier molecular flexibility index (Phi) is 4.09. The summed E-state index contributed by atoms with van der Waals surface area (Å²) in [5.74, 6) is -1.21. The van der Waals surface area contributed by atoms with Gasteiger partial charge in [-0.2, -0.15) is 0 Å². The first-order valence-electron chi connectivity index (χ1n) is 6.78. The lowest BCUT2D eigenvalue weighted by Crippen LogP contribution is -2.54. The second kappa shape index (κ2) is 5.63. The average Bonchev–Trinajstić information content (AvgIpc) is 3.23. The molecule has 4 N–H and O–H groups in total. The van der Waals surface area contributed by atoms with Crippen molar-refractivity contribution in [2.75, 3.05) is 0 Å². The van der Waals surface area contributed by atoms with Gasteiger partial charge in [0, 0.05) is 6.54 Å². The zero-order valence-corrected chi connectivity index (χ0v) is 11.6. The Morgan fingerprint density at radius 1 is 1.35 bits per heavy atom. The van der Waals surface area contributed by atoms with Crippen LogP contribution in [0.15, 0.2) is 24.3 Å². The second-order valence-electron chi connectivity index (χ2n) is 5.48. The molecular weight excluding hydrogens is 256 g/mol. The van der Waals surface area contributed by atoms with Gasteiger partial charge in [-0.15, -0.1) is 0 Å². The van der Waals surface area contributed by atoms with Gasteiger partial charge in [-0.1, -0.05) is 24.3 Å². The summed E-state index contributed by atoms with van der Waals surface area (Å²) in [7, 11) is 0. The van der Waals surface area contributed by atoms with Crippen LogP contribution in [0.5, 0.6) is 0 Å². The highest BCUT2D eigenvalue weighted by Crippen LogP contribution is 2.39. The van der Waals surface area contributed by atoms with Crippen molar-refractivity contribution in [3.63, 3.8) is 0 Å². The molecule has 2 rings (SSSR count).